The van der Waals surface area contributed by atoms with Crippen molar-refractivity contribution >= 4 is 17.3 Å². The highest BCUT2D eigenvalue weighted by atomic mass is 19.4. The number of aromatic nitrogens is 1. The largest absolute Gasteiger partial charge is 0.506 e. The summed E-state index contributed by atoms with van der Waals surface area (Å²) in [4.78, 5) is 27.7. The van der Waals surface area contributed by atoms with Crippen molar-refractivity contribution in [3.8, 4) is 28.4 Å². The number of halogens is 3. The van der Waals surface area contributed by atoms with Crippen molar-refractivity contribution in [2.24, 2.45) is 10.2 Å². The molecule has 0 aliphatic carbocycles. The van der Waals surface area contributed by atoms with E-state index in [1.54, 1.807) is 23.5 Å². The quantitative estimate of drug-likeness (QED) is 0.451. The summed E-state index contributed by atoms with van der Waals surface area (Å²) in [6, 6.07) is 5.11. The van der Waals surface area contributed by atoms with Crippen LogP contribution in [-0.2, 0) is 11.2 Å². The second-order valence-corrected chi connectivity index (χ2v) is 8.13. The Morgan fingerprint density at radius 2 is 1.81 bits per heavy atom. The van der Waals surface area contributed by atoms with Crippen LogP contribution in [0.5, 0.6) is 17.2 Å². The molecule has 0 saturated heterocycles. The van der Waals surface area contributed by atoms with E-state index < -0.39 is 30.6 Å². The highest BCUT2D eigenvalue weighted by molar-refractivity contribution is 6.19. The summed E-state index contributed by atoms with van der Waals surface area (Å²) < 4.78 is 48.0. The lowest BCUT2D eigenvalue weighted by molar-refractivity contribution is -0.137. The van der Waals surface area contributed by atoms with Crippen LogP contribution < -0.4 is 20.3 Å². The molecule has 0 unspecified atom stereocenters. The van der Waals surface area contributed by atoms with E-state index in [9.17, 15) is 27.9 Å². The van der Waals surface area contributed by atoms with E-state index in [0.29, 0.717) is 34.7 Å². The van der Waals surface area contributed by atoms with Crippen molar-refractivity contribution in [1.29, 1.82) is 0 Å². The average Bonchev–Trinajstić information content (AvgIpc) is 3.28. The van der Waals surface area contributed by atoms with Crippen LogP contribution in [-0.4, -0.2) is 54.4 Å². The van der Waals surface area contributed by atoms with Gasteiger partial charge in [-0.3, -0.25) is 9.59 Å². The third kappa shape index (κ3) is 6.04. The number of ether oxygens (including phenoxy) is 2. The maximum Gasteiger partial charge on any atom is 0.405 e. The predicted octanol–water partition coefficient (Wildman–Crippen LogP) is 3.72. The standard InChI is InChI=1S/C24H27F3N4O5/c1-4-5-7-14-19(21-16(35-2)8-6-9-17(21)36-3)22(33)20(23(34)29-14)15-10-13(30-31-15)11-18(32)28-12-24(25,26)27/h6,8-9H,4-5,7,10-12H2,1-3H3,(H,28,32)(H2,29,33,34). The van der Waals surface area contributed by atoms with Crippen LogP contribution in [0.1, 0.15) is 43.9 Å². The molecule has 0 spiro atoms. The molecule has 0 radical (unpaired) electrons. The van der Waals surface area contributed by atoms with Crippen LogP contribution >= 0.6 is 0 Å². The number of aromatic hydroxyl groups is 1. The number of nitrogens with one attached hydrogen (secondary N) is 2. The summed E-state index contributed by atoms with van der Waals surface area (Å²) in [6.45, 7) is 0.531. The van der Waals surface area contributed by atoms with Gasteiger partial charge in [0, 0.05) is 12.1 Å². The summed E-state index contributed by atoms with van der Waals surface area (Å²) in [5, 5.41) is 20.9. The molecule has 2 heterocycles. The van der Waals surface area contributed by atoms with Gasteiger partial charge in [-0.1, -0.05) is 19.4 Å². The summed E-state index contributed by atoms with van der Waals surface area (Å²) in [5.41, 5.74) is 0.735. The first-order chi connectivity index (χ1) is 17.1. The number of rotatable bonds is 10. The molecular formula is C24H27F3N4O5. The monoisotopic (exact) mass is 508 g/mol. The maximum atomic E-state index is 13.0. The van der Waals surface area contributed by atoms with Gasteiger partial charge >= 0.3 is 6.18 Å². The van der Waals surface area contributed by atoms with Crippen molar-refractivity contribution in [3.05, 3.63) is 39.8 Å². The number of hydrogen-bond acceptors (Lipinski definition) is 7. The van der Waals surface area contributed by atoms with Crippen molar-refractivity contribution in [2.45, 2.75) is 45.2 Å². The minimum absolute atomic E-state index is 0.0875. The molecule has 0 saturated carbocycles. The van der Waals surface area contributed by atoms with Crippen molar-refractivity contribution < 1.29 is 32.5 Å². The van der Waals surface area contributed by atoms with Gasteiger partial charge in [-0.25, -0.2) is 0 Å². The van der Waals surface area contributed by atoms with Gasteiger partial charge in [-0.05, 0) is 25.0 Å². The number of H-pyrrole nitrogens is 1. The molecule has 12 heteroatoms. The minimum Gasteiger partial charge on any atom is -0.506 e. The minimum atomic E-state index is -4.54. The molecule has 2 aromatic rings. The first kappa shape index (κ1) is 26.8. The number of aromatic amines is 1. The Hall–Kier alpha value is -3.83. The van der Waals surface area contributed by atoms with E-state index in [-0.39, 0.29) is 29.2 Å². The third-order valence-corrected chi connectivity index (χ3v) is 5.55. The Morgan fingerprint density at radius 3 is 2.39 bits per heavy atom. The number of carbonyl (C=O) groups is 1. The van der Waals surface area contributed by atoms with Crippen LogP contribution in [0.15, 0.2) is 33.2 Å². The van der Waals surface area contributed by atoms with E-state index in [4.69, 9.17) is 9.47 Å². The Labute approximate surface area is 205 Å². The number of unbranched alkanes of at least 4 members (excludes halogenated alkanes) is 1. The molecule has 36 heavy (non-hydrogen) atoms. The van der Waals surface area contributed by atoms with Crippen molar-refractivity contribution in [2.75, 3.05) is 20.8 Å². The molecule has 194 valence electrons. The number of amides is 1. The van der Waals surface area contributed by atoms with Gasteiger partial charge in [0.15, 0.2) is 0 Å². The van der Waals surface area contributed by atoms with Crippen LogP contribution in [0.2, 0.25) is 0 Å². The summed E-state index contributed by atoms with van der Waals surface area (Å²) in [6.07, 6.45) is -3.02. The van der Waals surface area contributed by atoms with Crippen molar-refractivity contribution in [3.63, 3.8) is 0 Å². The van der Waals surface area contributed by atoms with E-state index in [0.717, 1.165) is 12.8 Å². The molecule has 0 fully saturated rings. The molecule has 9 nitrogen and oxygen atoms in total. The Morgan fingerprint density at radius 1 is 1.14 bits per heavy atom. The number of hydrogen-bond donors (Lipinski definition) is 3. The number of pyridine rings is 1. The molecule has 1 aliphatic heterocycles. The number of methoxy groups -OCH3 is 2. The first-order valence-corrected chi connectivity index (χ1v) is 11.2. The van der Waals surface area contributed by atoms with Crippen LogP contribution in [0.3, 0.4) is 0 Å². The van der Waals surface area contributed by atoms with E-state index in [1.165, 1.54) is 14.2 Å². The molecular weight excluding hydrogens is 481 g/mol. The maximum absolute atomic E-state index is 13.0. The Bertz CT molecular complexity index is 1230. The van der Waals surface area contributed by atoms with Gasteiger partial charge in [-0.15, -0.1) is 0 Å². The lowest BCUT2D eigenvalue weighted by atomic mass is 9.93. The van der Waals surface area contributed by atoms with Gasteiger partial charge in [-0.2, -0.15) is 23.4 Å². The fraction of sp³-hybridized carbons (Fsp3) is 0.417. The van der Waals surface area contributed by atoms with Gasteiger partial charge < -0.3 is 24.9 Å². The Kier molecular flexibility index (Phi) is 8.38. The van der Waals surface area contributed by atoms with Crippen LogP contribution in [0.25, 0.3) is 11.1 Å². The third-order valence-electron chi connectivity index (χ3n) is 5.55. The molecule has 1 aromatic heterocycles. The normalized spacial score (nSPS) is 13.3. The second kappa shape index (κ2) is 11.3. The van der Waals surface area contributed by atoms with Gasteiger partial charge in [0.05, 0.1) is 43.2 Å². The zero-order valence-electron chi connectivity index (χ0n) is 20.1. The summed E-state index contributed by atoms with van der Waals surface area (Å²) in [7, 11) is 2.94. The average molecular weight is 508 g/mol. The lowest BCUT2D eigenvalue weighted by Gasteiger charge is -2.19. The smallest absolute Gasteiger partial charge is 0.405 e. The molecule has 1 aromatic carbocycles. The number of aryl methyl sites for hydroxylation is 1. The first-order valence-electron chi connectivity index (χ1n) is 11.2. The molecule has 0 bridgehead atoms. The van der Waals surface area contributed by atoms with E-state index in [2.05, 4.69) is 15.2 Å². The number of benzene rings is 1. The number of carbonyl (C=O) groups excluding carboxylic acids is 1. The predicted molar refractivity (Wildman–Crippen MR) is 128 cm³/mol. The zero-order valence-corrected chi connectivity index (χ0v) is 20.1. The van der Waals surface area contributed by atoms with Gasteiger partial charge in [0.2, 0.25) is 5.91 Å². The van der Waals surface area contributed by atoms with Gasteiger partial charge in [0.25, 0.3) is 5.56 Å². The topological polar surface area (TPSA) is 125 Å². The van der Waals surface area contributed by atoms with E-state index in [1.807, 2.05) is 6.92 Å². The van der Waals surface area contributed by atoms with Gasteiger partial charge in [0.1, 0.15) is 29.4 Å². The molecule has 1 aliphatic rings. The lowest BCUT2D eigenvalue weighted by Crippen LogP contribution is -2.34. The fourth-order valence-corrected chi connectivity index (χ4v) is 3.89. The Balaban J connectivity index is 1.99. The van der Waals surface area contributed by atoms with E-state index >= 15 is 0 Å². The SMILES string of the molecule is CCCCc1[nH]c(=O)c(C2=NN=C(CC(=O)NCC(F)(F)F)C2)c(O)c1-c1c(OC)cccc1OC. The zero-order chi connectivity index (χ0) is 26.5. The van der Waals surface area contributed by atoms with Crippen LogP contribution in [0.4, 0.5) is 13.2 Å². The molecule has 0 atom stereocenters. The second-order valence-electron chi connectivity index (χ2n) is 8.13. The van der Waals surface area contributed by atoms with Crippen LogP contribution in [0, 0.1) is 0 Å². The molecule has 3 N–H and O–H groups in total. The molecule has 1 amide bonds. The highest BCUT2D eigenvalue weighted by Crippen LogP contribution is 2.45. The summed E-state index contributed by atoms with van der Waals surface area (Å²) >= 11 is 0. The number of nitrogens with zero attached hydrogens (tertiary/aromatic N) is 2. The fourth-order valence-electron chi connectivity index (χ4n) is 3.89. The number of alkyl halides is 3. The summed E-state index contributed by atoms with van der Waals surface area (Å²) in [5.74, 6) is -0.418. The highest BCUT2D eigenvalue weighted by Gasteiger charge is 2.30. The van der Waals surface area contributed by atoms with Crippen molar-refractivity contribution in [1.82, 2.24) is 10.3 Å². The molecule has 3 rings (SSSR count).